The fourth-order valence-electron chi connectivity index (χ4n) is 2.64. The summed E-state index contributed by atoms with van der Waals surface area (Å²) < 4.78 is 5.41. The highest BCUT2D eigenvalue weighted by Crippen LogP contribution is 2.21. The molecular weight excluding hydrogens is 304 g/mol. The number of esters is 1. The van der Waals surface area contributed by atoms with E-state index < -0.39 is 5.97 Å². The van der Waals surface area contributed by atoms with Crippen LogP contribution in [0.4, 0.5) is 0 Å². The van der Waals surface area contributed by atoms with Crippen LogP contribution in [0.25, 0.3) is 0 Å². The van der Waals surface area contributed by atoms with Crippen molar-refractivity contribution in [3.8, 4) is 5.75 Å². The molecular formula is C20H30O4. The summed E-state index contributed by atoms with van der Waals surface area (Å²) in [7, 11) is 0. The van der Waals surface area contributed by atoms with Crippen LogP contribution in [0.5, 0.6) is 5.75 Å². The molecule has 134 valence electrons. The Labute approximate surface area is 145 Å². The molecule has 1 aromatic rings. The highest BCUT2D eigenvalue weighted by molar-refractivity contribution is 5.74. The Balaban J connectivity index is 2.33. The minimum absolute atomic E-state index is 0.00518. The Kier molecular flexibility index (Phi) is 10.6. The van der Waals surface area contributed by atoms with Gasteiger partial charge in [0, 0.05) is 12.8 Å². The van der Waals surface area contributed by atoms with E-state index in [0.717, 1.165) is 18.4 Å². The Morgan fingerprint density at radius 3 is 2.29 bits per heavy atom. The van der Waals surface area contributed by atoms with Gasteiger partial charge in [-0.25, -0.2) is 0 Å². The van der Waals surface area contributed by atoms with Gasteiger partial charge in [0.15, 0.2) is 0 Å². The number of benzene rings is 1. The quantitative estimate of drug-likeness (QED) is 0.308. The smallest absolute Gasteiger partial charge is 0.311 e. The molecule has 0 aromatic heterocycles. The lowest BCUT2D eigenvalue weighted by atomic mass is 10.0. The summed E-state index contributed by atoms with van der Waals surface area (Å²) in [5.41, 5.74) is 1.05. The summed E-state index contributed by atoms with van der Waals surface area (Å²) >= 11 is 0. The number of carboxylic acid groups (broad SMARTS) is 1. The van der Waals surface area contributed by atoms with Gasteiger partial charge < -0.3 is 9.84 Å². The van der Waals surface area contributed by atoms with Gasteiger partial charge in [0.2, 0.25) is 0 Å². The summed E-state index contributed by atoms with van der Waals surface area (Å²) in [5, 5.41) is 8.60. The van der Waals surface area contributed by atoms with Gasteiger partial charge >= 0.3 is 11.9 Å². The van der Waals surface area contributed by atoms with Gasteiger partial charge in [0.1, 0.15) is 5.75 Å². The zero-order chi connectivity index (χ0) is 17.6. The summed E-state index contributed by atoms with van der Waals surface area (Å²) in [6.45, 7) is 2.22. The van der Waals surface area contributed by atoms with Crippen molar-refractivity contribution in [3.05, 3.63) is 29.8 Å². The van der Waals surface area contributed by atoms with Crippen LogP contribution in [0, 0.1) is 0 Å². The molecule has 0 unspecified atom stereocenters. The highest BCUT2D eigenvalue weighted by Gasteiger charge is 2.09. The van der Waals surface area contributed by atoms with E-state index in [1.54, 1.807) is 0 Å². The number of ether oxygens (including phenoxy) is 1. The topological polar surface area (TPSA) is 63.6 Å². The Morgan fingerprint density at radius 1 is 0.917 bits per heavy atom. The summed E-state index contributed by atoms with van der Waals surface area (Å²) in [4.78, 5) is 22.3. The van der Waals surface area contributed by atoms with E-state index in [2.05, 4.69) is 6.92 Å². The number of carbonyl (C=O) groups is 2. The van der Waals surface area contributed by atoms with Crippen molar-refractivity contribution in [2.75, 3.05) is 0 Å². The number of carboxylic acids is 1. The number of para-hydroxylation sites is 1. The van der Waals surface area contributed by atoms with Crippen LogP contribution >= 0.6 is 0 Å². The summed E-state index contributed by atoms with van der Waals surface area (Å²) in [6, 6.07) is 7.62. The molecule has 0 fully saturated rings. The molecule has 0 bridgehead atoms. The molecule has 4 nitrogen and oxygen atoms in total. The number of unbranched alkanes of at least 4 members (excludes halogenated alkanes) is 6. The van der Waals surface area contributed by atoms with Gasteiger partial charge in [-0.2, -0.15) is 0 Å². The number of aliphatic carboxylic acids is 1. The lowest BCUT2D eigenvalue weighted by Gasteiger charge is -2.10. The maximum absolute atomic E-state index is 11.8. The van der Waals surface area contributed by atoms with Crippen LogP contribution in [0.3, 0.4) is 0 Å². The van der Waals surface area contributed by atoms with E-state index in [0.29, 0.717) is 12.2 Å². The van der Waals surface area contributed by atoms with Crippen LogP contribution in [0.1, 0.15) is 76.7 Å². The van der Waals surface area contributed by atoms with E-state index in [1.807, 2.05) is 24.3 Å². The van der Waals surface area contributed by atoms with Crippen molar-refractivity contribution in [2.45, 2.75) is 77.6 Å². The molecule has 1 aromatic carbocycles. The van der Waals surface area contributed by atoms with Gasteiger partial charge in [-0.15, -0.1) is 0 Å². The van der Waals surface area contributed by atoms with Gasteiger partial charge in [-0.1, -0.05) is 63.6 Å². The lowest BCUT2D eigenvalue weighted by molar-refractivity contribution is -0.137. The zero-order valence-corrected chi connectivity index (χ0v) is 14.8. The van der Waals surface area contributed by atoms with Crippen LogP contribution < -0.4 is 4.74 Å². The molecule has 0 aliphatic rings. The Hall–Kier alpha value is -1.84. The van der Waals surface area contributed by atoms with Crippen molar-refractivity contribution < 1.29 is 19.4 Å². The second-order valence-corrected chi connectivity index (χ2v) is 6.20. The first-order chi connectivity index (χ1) is 11.6. The average Bonchev–Trinajstić information content (AvgIpc) is 2.55. The maximum Gasteiger partial charge on any atom is 0.311 e. The van der Waals surface area contributed by atoms with E-state index in [1.165, 1.54) is 38.5 Å². The minimum atomic E-state index is -0.887. The Bertz CT molecular complexity index is 496. The van der Waals surface area contributed by atoms with Crippen molar-refractivity contribution in [3.63, 3.8) is 0 Å². The third-order valence-electron chi connectivity index (χ3n) is 4.02. The normalized spacial score (nSPS) is 10.5. The third kappa shape index (κ3) is 9.33. The molecule has 0 aliphatic heterocycles. The molecule has 0 saturated carbocycles. The highest BCUT2D eigenvalue weighted by atomic mass is 16.5. The van der Waals surface area contributed by atoms with Crippen molar-refractivity contribution in [2.24, 2.45) is 0 Å². The largest absolute Gasteiger partial charge is 0.481 e. The first-order valence-electron chi connectivity index (χ1n) is 9.14. The number of hydrogen-bond donors (Lipinski definition) is 1. The molecule has 0 aliphatic carbocycles. The van der Waals surface area contributed by atoms with Crippen LogP contribution in [0.2, 0.25) is 0 Å². The van der Waals surface area contributed by atoms with Crippen molar-refractivity contribution in [1.82, 2.24) is 0 Å². The van der Waals surface area contributed by atoms with Crippen LogP contribution in [-0.4, -0.2) is 17.0 Å². The van der Waals surface area contributed by atoms with E-state index >= 15 is 0 Å². The van der Waals surface area contributed by atoms with E-state index in [4.69, 9.17) is 9.84 Å². The fraction of sp³-hybridized carbons (Fsp3) is 0.600. The standard InChI is InChI=1S/C20H30O4/c1-2-3-4-5-6-7-8-12-17-13-9-10-14-18(17)24-20(23)16-11-15-19(21)22/h9-10,13-14H,2-8,11-12,15-16H2,1H3,(H,21,22). The lowest BCUT2D eigenvalue weighted by Crippen LogP contribution is -2.10. The minimum Gasteiger partial charge on any atom is -0.481 e. The first kappa shape index (κ1) is 20.2. The second-order valence-electron chi connectivity index (χ2n) is 6.20. The number of carbonyl (C=O) groups excluding carboxylic acids is 1. The maximum atomic E-state index is 11.8. The molecule has 0 atom stereocenters. The third-order valence-corrected chi connectivity index (χ3v) is 4.02. The predicted molar refractivity (Wildman–Crippen MR) is 95.3 cm³/mol. The zero-order valence-electron chi connectivity index (χ0n) is 14.8. The van der Waals surface area contributed by atoms with Crippen molar-refractivity contribution in [1.29, 1.82) is 0 Å². The molecule has 0 amide bonds. The molecule has 0 radical (unpaired) electrons. The number of hydrogen-bond acceptors (Lipinski definition) is 3. The first-order valence-corrected chi connectivity index (χ1v) is 9.14. The molecule has 0 saturated heterocycles. The Morgan fingerprint density at radius 2 is 1.58 bits per heavy atom. The SMILES string of the molecule is CCCCCCCCCc1ccccc1OC(=O)CCCC(=O)O. The molecule has 4 heteroatoms. The van der Waals surface area contributed by atoms with E-state index in [-0.39, 0.29) is 18.8 Å². The molecule has 1 N–H and O–H groups in total. The van der Waals surface area contributed by atoms with Crippen molar-refractivity contribution >= 4 is 11.9 Å². The predicted octanol–water partition coefficient (Wildman–Crippen LogP) is 5.14. The van der Waals surface area contributed by atoms with Gasteiger partial charge in [0.25, 0.3) is 0 Å². The monoisotopic (exact) mass is 334 g/mol. The fourth-order valence-corrected chi connectivity index (χ4v) is 2.64. The number of rotatable bonds is 13. The van der Waals surface area contributed by atoms with Gasteiger partial charge in [0.05, 0.1) is 0 Å². The summed E-state index contributed by atoms with van der Waals surface area (Å²) in [6.07, 6.45) is 10.1. The molecule has 1 rings (SSSR count). The van der Waals surface area contributed by atoms with Crippen LogP contribution in [0.15, 0.2) is 24.3 Å². The van der Waals surface area contributed by atoms with Crippen LogP contribution in [-0.2, 0) is 16.0 Å². The van der Waals surface area contributed by atoms with Gasteiger partial charge in [-0.3, -0.25) is 9.59 Å². The van der Waals surface area contributed by atoms with Gasteiger partial charge in [-0.05, 0) is 30.9 Å². The molecule has 0 spiro atoms. The molecule has 0 heterocycles. The second kappa shape index (κ2) is 12.6. The number of aryl methyl sites for hydroxylation is 1. The summed E-state index contributed by atoms with van der Waals surface area (Å²) in [5.74, 6) is -0.630. The van der Waals surface area contributed by atoms with E-state index in [9.17, 15) is 9.59 Å². The average molecular weight is 334 g/mol. The molecule has 24 heavy (non-hydrogen) atoms.